The van der Waals surface area contributed by atoms with Gasteiger partial charge in [0.1, 0.15) is 4.90 Å². The summed E-state index contributed by atoms with van der Waals surface area (Å²) in [5, 5.41) is 3.57. The van der Waals surface area contributed by atoms with E-state index in [9.17, 15) is 13.2 Å². The number of carbonyl (C=O) groups excluding carboxylic acids is 1. The van der Waals surface area contributed by atoms with Crippen molar-refractivity contribution in [2.24, 2.45) is 5.16 Å². The first-order chi connectivity index (χ1) is 13.3. The first-order valence-electron chi connectivity index (χ1n) is 8.30. The van der Waals surface area contributed by atoms with Gasteiger partial charge in [0.05, 0.1) is 20.8 Å². The molecule has 0 saturated heterocycles. The zero-order valence-electron chi connectivity index (χ0n) is 16.0. The number of benzene rings is 2. The summed E-state index contributed by atoms with van der Waals surface area (Å²) in [5.74, 6) is -0.0742. The second-order valence-electron chi connectivity index (χ2n) is 5.57. The summed E-state index contributed by atoms with van der Waals surface area (Å²) >= 11 is 0. The Labute approximate surface area is 163 Å². The second-order valence-corrected chi connectivity index (χ2v) is 7.10. The maximum absolute atomic E-state index is 12.4. The highest BCUT2D eigenvalue weighted by atomic mass is 32.2. The van der Waals surface area contributed by atoms with Crippen molar-refractivity contribution in [1.29, 1.82) is 0 Å². The van der Waals surface area contributed by atoms with E-state index in [0.29, 0.717) is 11.5 Å². The molecule has 0 N–H and O–H groups in total. The molecule has 0 unspecified atom stereocenters. The third kappa shape index (κ3) is 5.01. The van der Waals surface area contributed by atoms with E-state index in [2.05, 4.69) is 5.16 Å². The summed E-state index contributed by atoms with van der Waals surface area (Å²) in [7, 11) is -1.31. The minimum Gasteiger partial charge on any atom is -0.493 e. The fourth-order valence-electron chi connectivity index (χ4n) is 2.23. The standard InChI is InChI=1S/C19H21NO7S/c1-5-26-19(21)18(14-8-11-16(24-3)17(12-14)25-4)20-27-28(22,23)15-9-6-13(2)7-10-15/h6-12H,5H2,1-4H3. The van der Waals surface area contributed by atoms with Gasteiger partial charge in [-0.25, -0.2) is 4.79 Å². The van der Waals surface area contributed by atoms with Crippen molar-refractivity contribution in [2.45, 2.75) is 18.7 Å². The molecule has 0 fully saturated rings. The maximum atomic E-state index is 12.4. The molecule has 9 heteroatoms. The van der Waals surface area contributed by atoms with Crippen LogP contribution in [0.1, 0.15) is 18.1 Å². The van der Waals surface area contributed by atoms with Gasteiger partial charge >= 0.3 is 16.1 Å². The summed E-state index contributed by atoms with van der Waals surface area (Å²) < 4.78 is 44.8. The average molecular weight is 407 g/mol. The van der Waals surface area contributed by atoms with Crippen molar-refractivity contribution in [3.05, 3.63) is 53.6 Å². The number of methoxy groups -OCH3 is 2. The number of esters is 1. The molecule has 2 aromatic rings. The molecule has 2 aromatic carbocycles. The van der Waals surface area contributed by atoms with Crippen LogP contribution in [0.2, 0.25) is 0 Å². The number of carbonyl (C=O) groups is 1. The quantitative estimate of drug-likeness (QED) is 0.377. The molecule has 28 heavy (non-hydrogen) atoms. The van der Waals surface area contributed by atoms with Crippen molar-refractivity contribution in [2.75, 3.05) is 20.8 Å². The van der Waals surface area contributed by atoms with E-state index < -0.39 is 16.1 Å². The topological polar surface area (TPSA) is 100 Å². The molecule has 0 saturated carbocycles. The lowest BCUT2D eigenvalue weighted by atomic mass is 10.1. The molecule has 0 radical (unpaired) electrons. The number of hydrogen-bond acceptors (Lipinski definition) is 8. The molecule has 2 rings (SSSR count). The Morgan fingerprint density at radius 2 is 1.64 bits per heavy atom. The van der Waals surface area contributed by atoms with E-state index in [1.807, 2.05) is 6.92 Å². The molecular formula is C19H21NO7S. The Bertz CT molecular complexity index is 966. The first kappa shape index (κ1) is 21.2. The van der Waals surface area contributed by atoms with Crippen LogP contribution in [0.4, 0.5) is 0 Å². The van der Waals surface area contributed by atoms with E-state index in [0.717, 1.165) is 5.56 Å². The lowest BCUT2D eigenvalue weighted by molar-refractivity contribution is -0.135. The Kier molecular flexibility index (Phi) is 7.00. The second kappa shape index (κ2) is 9.23. The van der Waals surface area contributed by atoms with Crippen LogP contribution in [0.25, 0.3) is 0 Å². The molecular weight excluding hydrogens is 386 g/mol. The molecule has 0 aliphatic rings. The third-order valence-corrected chi connectivity index (χ3v) is 4.78. The number of oxime groups is 1. The van der Waals surface area contributed by atoms with E-state index in [-0.39, 0.29) is 22.8 Å². The van der Waals surface area contributed by atoms with Gasteiger partial charge in [0, 0.05) is 5.56 Å². The normalized spacial score (nSPS) is 11.6. The predicted molar refractivity (Wildman–Crippen MR) is 102 cm³/mol. The molecule has 0 aliphatic heterocycles. The Morgan fingerprint density at radius 3 is 2.21 bits per heavy atom. The predicted octanol–water partition coefficient (Wildman–Crippen LogP) is 2.68. The zero-order valence-corrected chi connectivity index (χ0v) is 16.8. The van der Waals surface area contributed by atoms with Gasteiger partial charge < -0.3 is 14.2 Å². The largest absolute Gasteiger partial charge is 0.493 e. The Balaban J connectivity index is 2.43. The number of ether oxygens (including phenoxy) is 3. The smallest absolute Gasteiger partial charge is 0.361 e. The van der Waals surface area contributed by atoms with E-state index >= 15 is 0 Å². The molecule has 8 nitrogen and oxygen atoms in total. The highest BCUT2D eigenvalue weighted by Gasteiger charge is 2.22. The van der Waals surface area contributed by atoms with Crippen molar-refractivity contribution in [3.63, 3.8) is 0 Å². The summed E-state index contributed by atoms with van der Waals surface area (Å²) in [6, 6.07) is 10.6. The molecule has 0 amide bonds. The van der Waals surface area contributed by atoms with Crippen LogP contribution >= 0.6 is 0 Å². The van der Waals surface area contributed by atoms with Crippen LogP contribution in [0.5, 0.6) is 11.5 Å². The molecule has 150 valence electrons. The average Bonchev–Trinajstić information content (AvgIpc) is 2.68. The van der Waals surface area contributed by atoms with E-state index in [1.165, 1.54) is 38.5 Å². The van der Waals surface area contributed by atoms with Crippen LogP contribution in [0.15, 0.2) is 52.5 Å². The summed E-state index contributed by atoms with van der Waals surface area (Å²) in [6.45, 7) is 3.52. The summed E-state index contributed by atoms with van der Waals surface area (Å²) in [4.78, 5) is 12.2. The van der Waals surface area contributed by atoms with Crippen LogP contribution in [-0.4, -0.2) is 40.9 Å². The third-order valence-electron chi connectivity index (χ3n) is 3.66. The van der Waals surface area contributed by atoms with Crippen LogP contribution < -0.4 is 9.47 Å². The first-order valence-corrected chi connectivity index (χ1v) is 9.71. The van der Waals surface area contributed by atoms with Gasteiger partial charge in [-0.05, 0) is 44.2 Å². The molecule has 0 aromatic heterocycles. The summed E-state index contributed by atoms with van der Waals surface area (Å²) in [5.41, 5.74) is 0.814. The SMILES string of the molecule is CCOC(=O)C(=NOS(=O)(=O)c1ccc(C)cc1)c1ccc(OC)c(OC)c1. The molecule has 0 spiro atoms. The van der Waals surface area contributed by atoms with Crippen molar-refractivity contribution >= 4 is 21.8 Å². The number of aryl methyl sites for hydroxylation is 1. The van der Waals surface area contributed by atoms with Crippen molar-refractivity contribution in [3.8, 4) is 11.5 Å². The molecule has 0 atom stereocenters. The molecule has 0 aliphatic carbocycles. The van der Waals surface area contributed by atoms with Crippen LogP contribution in [0.3, 0.4) is 0 Å². The van der Waals surface area contributed by atoms with Gasteiger partial charge in [-0.2, -0.15) is 8.42 Å². The summed E-state index contributed by atoms with van der Waals surface area (Å²) in [6.07, 6.45) is 0. The van der Waals surface area contributed by atoms with Gasteiger partial charge in [0.25, 0.3) is 0 Å². The minimum atomic E-state index is -4.21. The van der Waals surface area contributed by atoms with Crippen LogP contribution in [-0.2, 0) is 23.9 Å². The van der Waals surface area contributed by atoms with Gasteiger partial charge in [-0.1, -0.05) is 22.9 Å². The highest BCUT2D eigenvalue weighted by Crippen LogP contribution is 2.28. The van der Waals surface area contributed by atoms with Gasteiger partial charge in [-0.15, -0.1) is 0 Å². The Morgan fingerprint density at radius 1 is 1.00 bits per heavy atom. The monoisotopic (exact) mass is 407 g/mol. The van der Waals surface area contributed by atoms with E-state index in [4.69, 9.17) is 18.5 Å². The minimum absolute atomic E-state index is 0.0792. The lowest BCUT2D eigenvalue weighted by Crippen LogP contribution is -2.20. The van der Waals surface area contributed by atoms with Gasteiger partial charge in [0.15, 0.2) is 17.2 Å². The lowest BCUT2D eigenvalue weighted by Gasteiger charge is -2.11. The number of nitrogens with zero attached hydrogens (tertiary/aromatic N) is 1. The fraction of sp³-hybridized carbons (Fsp3) is 0.263. The molecule has 0 heterocycles. The Hall–Kier alpha value is -3.07. The van der Waals surface area contributed by atoms with Crippen LogP contribution in [0, 0.1) is 6.92 Å². The fourth-order valence-corrected chi connectivity index (χ4v) is 2.95. The molecule has 0 bridgehead atoms. The van der Waals surface area contributed by atoms with Crippen molar-refractivity contribution in [1.82, 2.24) is 0 Å². The highest BCUT2D eigenvalue weighted by molar-refractivity contribution is 7.86. The number of rotatable bonds is 8. The zero-order chi connectivity index (χ0) is 20.7. The number of hydrogen-bond donors (Lipinski definition) is 0. The van der Waals surface area contributed by atoms with Gasteiger partial charge in [0.2, 0.25) is 0 Å². The maximum Gasteiger partial charge on any atom is 0.361 e. The van der Waals surface area contributed by atoms with Gasteiger partial charge in [-0.3, -0.25) is 4.28 Å². The van der Waals surface area contributed by atoms with E-state index in [1.54, 1.807) is 25.1 Å². The van der Waals surface area contributed by atoms with Crippen molar-refractivity contribution < 1.29 is 31.7 Å².